The number of phenolic OH excluding ortho intramolecular Hbond substituents is 6. The van der Waals surface area contributed by atoms with Crippen molar-refractivity contribution in [2.24, 2.45) is 0 Å². The van der Waals surface area contributed by atoms with Gasteiger partial charge in [0.05, 0.1) is 5.56 Å². The van der Waals surface area contributed by atoms with E-state index in [2.05, 4.69) is 0 Å². The summed E-state index contributed by atoms with van der Waals surface area (Å²) in [7, 11) is 0. The Morgan fingerprint density at radius 1 is 0.725 bits per heavy atom. The van der Waals surface area contributed by atoms with Gasteiger partial charge in [0.15, 0.2) is 17.2 Å². The first-order valence-electron chi connectivity index (χ1n) is 11.6. The molecule has 9 N–H and O–H groups in total. The molecule has 1 aliphatic rings. The normalized spacial score (nSPS) is 22.4. The summed E-state index contributed by atoms with van der Waals surface area (Å²) in [6.07, 6.45) is -8.98. The lowest BCUT2D eigenvalue weighted by Gasteiger charge is -2.40. The maximum atomic E-state index is 13.1. The van der Waals surface area contributed by atoms with Gasteiger partial charge in [0.1, 0.15) is 59.6 Å². The van der Waals surface area contributed by atoms with Crippen molar-refractivity contribution >= 4 is 11.8 Å². The minimum Gasteiger partial charge on any atom is -0.508 e. The fourth-order valence-corrected chi connectivity index (χ4v) is 3.90. The number of hydrogen-bond donors (Lipinski definition) is 9. The molecule has 4 rings (SSSR count). The molecule has 1 aliphatic heterocycles. The molecule has 1 fully saturated rings. The zero-order chi connectivity index (χ0) is 29.3. The van der Waals surface area contributed by atoms with E-state index in [0.29, 0.717) is 0 Å². The number of hydrogen-bond acceptors (Lipinski definition) is 14. The van der Waals surface area contributed by atoms with Gasteiger partial charge >= 0.3 is 5.97 Å². The number of phenols is 6. The molecule has 212 valence electrons. The van der Waals surface area contributed by atoms with Crippen LogP contribution in [0.2, 0.25) is 0 Å². The van der Waals surface area contributed by atoms with Crippen LogP contribution in [0, 0.1) is 0 Å². The summed E-state index contributed by atoms with van der Waals surface area (Å²) in [5, 5.41) is 89.6. The van der Waals surface area contributed by atoms with Crippen molar-refractivity contribution in [2.45, 2.75) is 30.7 Å². The molecule has 5 atom stereocenters. The minimum absolute atomic E-state index is 0.0142. The zero-order valence-corrected chi connectivity index (χ0v) is 20.3. The van der Waals surface area contributed by atoms with E-state index in [1.807, 2.05) is 0 Å². The van der Waals surface area contributed by atoms with Crippen molar-refractivity contribution in [2.75, 3.05) is 6.61 Å². The van der Waals surface area contributed by atoms with Crippen LogP contribution in [-0.2, 0) is 9.47 Å². The van der Waals surface area contributed by atoms with Crippen molar-refractivity contribution in [3.63, 3.8) is 0 Å². The molecular weight excluding hydrogens is 536 g/mol. The summed E-state index contributed by atoms with van der Waals surface area (Å²) < 4.78 is 16.0. The number of aliphatic hydroxyl groups is 3. The maximum absolute atomic E-state index is 13.1. The summed E-state index contributed by atoms with van der Waals surface area (Å²) >= 11 is 0. The first-order valence-corrected chi connectivity index (χ1v) is 11.6. The number of ether oxygens (including phenoxy) is 3. The summed E-state index contributed by atoms with van der Waals surface area (Å²) in [6, 6.07) is 8.38. The van der Waals surface area contributed by atoms with Gasteiger partial charge in [-0.25, -0.2) is 4.79 Å². The molecular formula is C26H24O14. The number of benzene rings is 3. The summed E-state index contributed by atoms with van der Waals surface area (Å²) in [5.74, 6) is -6.24. The van der Waals surface area contributed by atoms with E-state index >= 15 is 0 Å². The number of ketones is 1. The second kappa shape index (κ2) is 11.2. The average Bonchev–Trinajstić information content (AvgIpc) is 2.90. The average molecular weight is 560 g/mol. The molecule has 0 bridgehead atoms. The molecule has 0 aromatic heterocycles. The molecule has 14 heteroatoms. The molecule has 3 aromatic carbocycles. The standard InChI is InChI=1S/C26H24O14/c27-12-3-1-10(2-4-12)20(32)19-14(29)7-13(28)8-17(19)39-26-24(36)23(35)22(34)18(40-26)9-38-25(37)11-5-15(30)21(33)16(31)6-11/h1-8,18,22-24,26-31,33-36H,9H2. The molecule has 14 nitrogen and oxygen atoms in total. The fourth-order valence-electron chi connectivity index (χ4n) is 3.90. The van der Waals surface area contributed by atoms with Crippen LogP contribution in [-0.4, -0.2) is 95.0 Å². The number of esters is 1. The van der Waals surface area contributed by atoms with Crippen molar-refractivity contribution in [3.8, 4) is 40.2 Å². The minimum atomic E-state index is -1.92. The Hall–Kier alpha value is -4.76. The number of carbonyl (C=O) groups is 2. The zero-order valence-electron chi connectivity index (χ0n) is 20.3. The SMILES string of the molecule is O=C(OCC1OC(Oc2cc(O)cc(O)c2C(=O)c2ccc(O)cc2)C(O)C(O)C1O)c1cc(O)c(O)c(O)c1. The number of rotatable bonds is 7. The van der Waals surface area contributed by atoms with Gasteiger partial charge in [-0.05, 0) is 36.4 Å². The third-order valence-corrected chi connectivity index (χ3v) is 6.02. The van der Waals surface area contributed by atoms with Gasteiger partial charge < -0.3 is 60.2 Å². The van der Waals surface area contributed by atoms with Crippen LogP contribution in [0.5, 0.6) is 40.2 Å². The van der Waals surface area contributed by atoms with Crippen LogP contribution >= 0.6 is 0 Å². The predicted molar refractivity (Wildman–Crippen MR) is 130 cm³/mol. The van der Waals surface area contributed by atoms with E-state index in [9.17, 15) is 55.5 Å². The van der Waals surface area contributed by atoms with Crippen molar-refractivity contribution in [1.29, 1.82) is 0 Å². The Kier molecular flexibility index (Phi) is 7.88. The smallest absolute Gasteiger partial charge is 0.338 e. The molecule has 0 spiro atoms. The van der Waals surface area contributed by atoms with Gasteiger partial charge in [-0.15, -0.1) is 0 Å². The van der Waals surface area contributed by atoms with E-state index < -0.39 is 89.1 Å². The first-order chi connectivity index (χ1) is 18.9. The molecule has 5 unspecified atom stereocenters. The highest BCUT2D eigenvalue weighted by atomic mass is 16.7. The molecule has 1 saturated heterocycles. The van der Waals surface area contributed by atoms with Gasteiger partial charge in [-0.2, -0.15) is 0 Å². The van der Waals surface area contributed by atoms with Crippen LogP contribution < -0.4 is 4.74 Å². The molecule has 40 heavy (non-hydrogen) atoms. The lowest BCUT2D eigenvalue weighted by molar-refractivity contribution is -0.277. The molecule has 0 saturated carbocycles. The summed E-state index contributed by atoms with van der Waals surface area (Å²) in [4.78, 5) is 25.5. The van der Waals surface area contributed by atoms with Gasteiger partial charge in [0, 0.05) is 17.7 Å². The van der Waals surface area contributed by atoms with Crippen LogP contribution in [0.1, 0.15) is 26.3 Å². The Morgan fingerprint density at radius 2 is 1.35 bits per heavy atom. The summed E-state index contributed by atoms with van der Waals surface area (Å²) in [5.41, 5.74) is -0.825. The number of aliphatic hydroxyl groups excluding tert-OH is 3. The Morgan fingerprint density at radius 3 is 1.98 bits per heavy atom. The fraction of sp³-hybridized carbons (Fsp3) is 0.231. The van der Waals surface area contributed by atoms with Gasteiger partial charge in [0.25, 0.3) is 0 Å². The topological polar surface area (TPSA) is 244 Å². The van der Waals surface area contributed by atoms with E-state index in [4.69, 9.17) is 14.2 Å². The highest BCUT2D eigenvalue weighted by molar-refractivity contribution is 6.12. The molecule has 0 radical (unpaired) electrons. The molecule has 3 aromatic rings. The van der Waals surface area contributed by atoms with Crippen molar-refractivity contribution in [3.05, 3.63) is 65.2 Å². The van der Waals surface area contributed by atoms with Crippen molar-refractivity contribution in [1.82, 2.24) is 0 Å². The third-order valence-electron chi connectivity index (χ3n) is 6.02. The lowest BCUT2D eigenvalue weighted by atomic mass is 9.98. The number of aromatic hydroxyl groups is 6. The first kappa shape index (κ1) is 28.3. The Labute approximate surface area is 224 Å². The van der Waals surface area contributed by atoms with Crippen LogP contribution in [0.4, 0.5) is 0 Å². The van der Waals surface area contributed by atoms with E-state index in [1.54, 1.807) is 0 Å². The summed E-state index contributed by atoms with van der Waals surface area (Å²) in [6.45, 7) is -0.739. The second-order valence-electron chi connectivity index (χ2n) is 8.81. The van der Waals surface area contributed by atoms with Crippen LogP contribution in [0.25, 0.3) is 0 Å². The highest BCUT2D eigenvalue weighted by Crippen LogP contribution is 2.38. The lowest BCUT2D eigenvalue weighted by Crippen LogP contribution is -2.60. The Bertz CT molecular complexity index is 1400. The molecule has 0 amide bonds. The highest BCUT2D eigenvalue weighted by Gasteiger charge is 2.46. The van der Waals surface area contributed by atoms with Crippen molar-refractivity contribution < 1.29 is 69.8 Å². The van der Waals surface area contributed by atoms with Crippen LogP contribution in [0.15, 0.2) is 48.5 Å². The third kappa shape index (κ3) is 5.64. The number of carbonyl (C=O) groups excluding carboxylic acids is 2. The maximum Gasteiger partial charge on any atom is 0.338 e. The van der Waals surface area contributed by atoms with E-state index in [-0.39, 0.29) is 16.9 Å². The van der Waals surface area contributed by atoms with Gasteiger partial charge in [0.2, 0.25) is 12.1 Å². The molecule has 0 aliphatic carbocycles. The van der Waals surface area contributed by atoms with E-state index in [0.717, 1.165) is 24.3 Å². The van der Waals surface area contributed by atoms with Gasteiger partial charge in [-0.3, -0.25) is 4.79 Å². The van der Waals surface area contributed by atoms with Gasteiger partial charge in [-0.1, -0.05) is 0 Å². The Balaban J connectivity index is 1.55. The molecule has 1 heterocycles. The second-order valence-corrected chi connectivity index (χ2v) is 8.81. The van der Waals surface area contributed by atoms with Crippen LogP contribution in [0.3, 0.4) is 0 Å². The van der Waals surface area contributed by atoms with E-state index in [1.165, 1.54) is 24.3 Å². The monoisotopic (exact) mass is 560 g/mol. The largest absolute Gasteiger partial charge is 0.508 e. The quantitative estimate of drug-likeness (QED) is 0.106. The predicted octanol–water partition coefficient (Wildman–Crippen LogP) is 0.195.